The summed E-state index contributed by atoms with van der Waals surface area (Å²) < 4.78 is 37.8. The Morgan fingerprint density at radius 1 is 1.32 bits per heavy atom. The molecule has 1 aliphatic rings. The van der Waals surface area contributed by atoms with Gasteiger partial charge in [-0.25, -0.2) is 9.97 Å². The first-order valence-electron chi connectivity index (χ1n) is 6.95. The van der Waals surface area contributed by atoms with Crippen molar-refractivity contribution in [2.45, 2.75) is 12.6 Å². The molecule has 2 aromatic heterocycles. The molecule has 1 unspecified atom stereocenters. The van der Waals surface area contributed by atoms with Crippen molar-refractivity contribution in [3.8, 4) is 0 Å². The Bertz CT molecular complexity index is 614. The maximum Gasteiger partial charge on any atom is 0.427 e. The lowest BCUT2D eigenvalue weighted by Gasteiger charge is -2.15. The highest BCUT2D eigenvalue weighted by Gasteiger charge is 2.34. The fourth-order valence-electron chi connectivity index (χ4n) is 2.43. The van der Waals surface area contributed by atoms with Crippen molar-refractivity contribution in [2.24, 2.45) is 5.92 Å². The standard InChI is InChI=1S/C14H15F3N4S/c15-14(16,17)11-8-20-13(22-11)21-6-4-10(9-21)7-19-12-3-1-2-5-18-12/h1-3,5,8,10H,4,6-7,9H2,(H,18,19). The highest BCUT2D eigenvalue weighted by atomic mass is 32.1. The number of aromatic nitrogens is 2. The summed E-state index contributed by atoms with van der Waals surface area (Å²) >= 11 is 0.711. The summed E-state index contributed by atoms with van der Waals surface area (Å²) in [5.41, 5.74) is 0. The summed E-state index contributed by atoms with van der Waals surface area (Å²) in [6.45, 7) is 2.20. The van der Waals surface area contributed by atoms with Gasteiger partial charge in [-0.3, -0.25) is 0 Å². The minimum absolute atomic E-state index is 0.375. The van der Waals surface area contributed by atoms with Crippen LogP contribution in [-0.4, -0.2) is 29.6 Å². The molecule has 1 fully saturated rings. The van der Waals surface area contributed by atoms with Crippen molar-refractivity contribution < 1.29 is 13.2 Å². The highest BCUT2D eigenvalue weighted by molar-refractivity contribution is 7.15. The molecule has 0 spiro atoms. The van der Waals surface area contributed by atoms with Crippen LogP contribution >= 0.6 is 11.3 Å². The molecule has 3 rings (SSSR count). The van der Waals surface area contributed by atoms with E-state index in [1.807, 2.05) is 23.1 Å². The van der Waals surface area contributed by atoms with Crippen LogP contribution in [0, 0.1) is 5.92 Å². The molecule has 4 nitrogen and oxygen atoms in total. The number of halogens is 3. The highest BCUT2D eigenvalue weighted by Crippen LogP contribution is 2.37. The van der Waals surface area contributed by atoms with Crippen LogP contribution in [0.2, 0.25) is 0 Å². The molecule has 0 aliphatic carbocycles. The number of alkyl halides is 3. The molecular formula is C14H15F3N4S. The zero-order chi connectivity index (χ0) is 15.6. The first-order valence-corrected chi connectivity index (χ1v) is 7.77. The summed E-state index contributed by atoms with van der Waals surface area (Å²) in [6.07, 6.45) is -0.743. The lowest BCUT2D eigenvalue weighted by atomic mass is 10.1. The van der Waals surface area contributed by atoms with Gasteiger partial charge in [-0.15, -0.1) is 0 Å². The van der Waals surface area contributed by atoms with E-state index in [9.17, 15) is 13.2 Å². The number of nitrogens with zero attached hydrogens (tertiary/aromatic N) is 3. The van der Waals surface area contributed by atoms with Crippen LogP contribution in [-0.2, 0) is 6.18 Å². The van der Waals surface area contributed by atoms with E-state index >= 15 is 0 Å². The number of hydrogen-bond donors (Lipinski definition) is 1. The van der Waals surface area contributed by atoms with E-state index in [4.69, 9.17) is 0 Å². The maximum absolute atomic E-state index is 12.6. The van der Waals surface area contributed by atoms with Crippen molar-refractivity contribution in [3.63, 3.8) is 0 Å². The van der Waals surface area contributed by atoms with Crippen LogP contribution in [0.4, 0.5) is 24.1 Å². The SMILES string of the molecule is FC(F)(F)c1cnc(N2CCC(CNc3ccccn3)C2)s1. The zero-order valence-electron chi connectivity index (χ0n) is 11.7. The van der Waals surface area contributed by atoms with E-state index < -0.39 is 11.1 Å². The predicted molar refractivity (Wildman–Crippen MR) is 80.2 cm³/mol. The van der Waals surface area contributed by atoms with Gasteiger partial charge in [0, 0.05) is 25.8 Å². The first-order chi connectivity index (χ1) is 10.5. The number of anilines is 2. The Balaban J connectivity index is 1.55. The lowest BCUT2D eigenvalue weighted by Crippen LogP contribution is -2.22. The third-order valence-corrected chi connectivity index (χ3v) is 4.67. The molecule has 0 saturated carbocycles. The number of nitrogens with one attached hydrogen (secondary N) is 1. The third kappa shape index (κ3) is 3.49. The maximum atomic E-state index is 12.6. The topological polar surface area (TPSA) is 41.1 Å². The molecule has 2 aromatic rings. The first kappa shape index (κ1) is 15.1. The van der Waals surface area contributed by atoms with Gasteiger partial charge in [-0.2, -0.15) is 13.2 Å². The van der Waals surface area contributed by atoms with E-state index in [-0.39, 0.29) is 0 Å². The Morgan fingerprint density at radius 3 is 2.86 bits per heavy atom. The molecular weight excluding hydrogens is 313 g/mol. The van der Waals surface area contributed by atoms with Gasteiger partial charge in [0.15, 0.2) is 5.13 Å². The predicted octanol–water partition coefficient (Wildman–Crippen LogP) is 3.50. The van der Waals surface area contributed by atoms with E-state index in [0.717, 1.165) is 31.5 Å². The second-order valence-corrected chi connectivity index (χ2v) is 6.21. The van der Waals surface area contributed by atoms with Crippen LogP contribution in [0.3, 0.4) is 0 Å². The van der Waals surface area contributed by atoms with Crippen LogP contribution in [0.1, 0.15) is 11.3 Å². The average molecular weight is 328 g/mol. The van der Waals surface area contributed by atoms with Crippen molar-refractivity contribution in [3.05, 3.63) is 35.5 Å². The molecule has 1 saturated heterocycles. The van der Waals surface area contributed by atoms with E-state index in [1.54, 1.807) is 6.20 Å². The summed E-state index contributed by atoms with van der Waals surface area (Å²) in [7, 11) is 0. The monoisotopic (exact) mass is 328 g/mol. The molecule has 22 heavy (non-hydrogen) atoms. The van der Waals surface area contributed by atoms with E-state index in [0.29, 0.717) is 28.9 Å². The molecule has 1 aliphatic heterocycles. The largest absolute Gasteiger partial charge is 0.427 e. The van der Waals surface area contributed by atoms with Gasteiger partial charge in [0.2, 0.25) is 0 Å². The van der Waals surface area contributed by atoms with Gasteiger partial charge < -0.3 is 10.2 Å². The summed E-state index contributed by atoms with van der Waals surface area (Å²) in [5.74, 6) is 1.19. The van der Waals surface area contributed by atoms with Crippen molar-refractivity contribution in [1.82, 2.24) is 9.97 Å². The normalized spacial score (nSPS) is 18.7. The molecule has 0 radical (unpaired) electrons. The molecule has 118 valence electrons. The molecule has 0 amide bonds. The Labute approximate surface area is 130 Å². The van der Waals surface area contributed by atoms with Gasteiger partial charge in [0.05, 0.1) is 6.20 Å². The molecule has 3 heterocycles. The van der Waals surface area contributed by atoms with E-state index in [2.05, 4.69) is 15.3 Å². The average Bonchev–Trinajstić information content (AvgIpc) is 3.14. The number of rotatable bonds is 4. The van der Waals surface area contributed by atoms with Gasteiger partial charge in [-0.1, -0.05) is 17.4 Å². The zero-order valence-corrected chi connectivity index (χ0v) is 12.5. The molecule has 1 N–H and O–H groups in total. The molecule has 0 bridgehead atoms. The molecule has 8 heteroatoms. The van der Waals surface area contributed by atoms with Gasteiger partial charge in [0.1, 0.15) is 10.7 Å². The Kier molecular flexibility index (Phi) is 4.19. The van der Waals surface area contributed by atoms with Gasteiger partial charge in [-0.05, 0) is 24.5 Å². The van der Waals surface area contributed by atoms with E-state index in [1.165, 1.54) is 0 Å². The lowest BCUT2D eigenvalue weighted by molar-refractivity contribution is -0.134. The summed E-state index contributed by atoms with van der Waals surface area (Å²) in [5, 5.41) is 3.70. The smallest absolute Gasteiger partial charge is 0.370 e. The van der Waals surface area contributed by atoms with Gasteiger partial charge in [0.25, 0.3) is 0 Å². The fraction of sp³-hybridized carbons (Fsp3) is 0.429. The Morgan fingerprint density at radius 2 is 2.18 bits per heavy atom. The number of hydrogen-bond acceptors (Lipinski definition) is 5. The summed E-state index contributed by atoms with van der Waals surface area (Å²) in [6, 6.07) is 5.65. The van der Waals surface area contributed by atoms with Crippen LogP contribution in [0.15, 0.2) is 30.6 Å². The van der Waals surface area contributed by atoms with Gasteiger partial charge >= 0.3 is 6.18 Å². The van der Waals surface area contributed by atoms with Crippen molar-refractivity contribution >= 4 is 22.3 Å². The number of pyridine rings is 1. The second kappa shape index (κ2) is 6.12. The third-order valence-electron chi connectivity index (χ3n) is 3.57. The second-order valence-electron chi connectivity index (χ2n) is 5.20. The Hall–Kier alpha value is -1.83. The van der Waals surface area contributed by atoms with Crippen LogP contribution in [0.5, 0.6) is 0 Å². The van der Waals surface area contributed by atoms with Crippen molar-refractivity contribution in [2.75, 3.05) is 29.9 Å². The molecule has 1 atom stereocenters. The minimum Gasteiger partial charge on any atom is -0.370 e. The number of thiazole rings is 1. The quantitative estimate of drug-likeness (QED) is 0.933. The van der Waals surface area contributed by atoms with Crippen LogP contribution < -0.4 is 10.2 Å². The minimum atomic E-state index is -4.31. The van der Waals surface area contributed by atoms with Crippen molar-refractivity contribution in [1.29, 1.82) is 0 Å². The molecule has 0 aromatic carbocycles. The fourth-order valence-corrected chi connectivity index (χ4v) is 3.25. The summed E-state index contributed by atoms with van der Waals surface area (Å²) in [4.78, 5) is 9.38. The van der Waals surface area contributed by atoms with Crippen LogP contribution in [0.25, 0.3) is 0 Å².